The number of hydrogen-bond acceptors (Lipinski definition) is 1. The number of fused-ring (bicyclic) bond motifs is 2. The Morgan fingerprint density at radius 1 is 1.31 bits per heavy atom. The van der Waals surface area contributed by atoms with Crippen LogP contribution in [-0.2, 0) is 12.8 Å². The predicted octanol–water partition coefficient (Wildman–Crippen LogP) is 4.05. The summed E-state index contributed by atoms with van der Waals surface area (Å²) in [7, 11) is 0. The van der Waals surface area contributed by atoms with Crippen LogP contribution in [-0.4, -0.2) is 0 Å². The molecule has 0 spiro atoms. The van der Waals surface area contributed by atoms with Crippen molar-refractivity contribution in [1.29, 1.82) is 0 Å². The van der Waals surface area contributed by atoms with Crippen LogP contribution in [0.25, 0.3) is 0 Å². The van der Waals surface area contributed by atoms with Crippen LogP contribution >= 0.6 is 0 Å². The lowest BCUT2D eigenvalue weighted by molar-refractivity contribution is 0.376. The Bertz CT molecular complexity index is 450. The fourth-order valence-electron chi connectivity index (χ4n) is 3.49. The van der Waals surface area contributed by atoms with Crippen LogP contribution in [0.1, 0.15) is 43.6 Å². The smallest absolute Gasteiger partial charge is 0.107 e. The van der Waals surface area contributed by atoms with E-state index in [-0.39, 0.29) is 0 Å². The average Bonchev–Trinajstić information content (AvgIpc) is 2.72. The summed E-state index contributed by atoms with van der Waals surface area (Å²) in [5.41, 5.74) is 6.18. The van der Waals surface area contributed by atoms with Crippen molar-refractivity contribution in [3.8, 4) is 0 Å². The molecule has 2 aliphatic carbocycles. The molecule has 86 valence electrons. The van der Waals surface area contributed by atoms with E-state index in [1.54, 1.807) is 11.1 Å². The van der Waals surface area contributed by atoms with E-state index in [9.17, 15) is 0 Å². The maximum atomic E-state index is 5.72. The van der Waals surface area contributed by atoms with Crippen LogP contribution < -0.4 is 0 Å². The first-order chi connectivity index (χ1) is 7.66. The molecule has 1 nitrogen and oxygen atoms in total. The van der Waals surface area contributed by atoms with Gasteiger partial charge in [0.25, 0.3) is 0 Å². The lowest BCUT2D eigenvalue weighted by Gasteiger charge is -2.18. The van der Waals surface area contributed by atoms with Gasteiger partial charge in [-0.1, -0.05) is 18.1 Å². The van der Waals surface area contributed by atoms with Crippen LogP contribution in [0.15, 0.2) is 21.8 Å². The summed E-state index contributed by atoms with van der Waals surface area (Å²) < 4.78 is 5.72. The number of furan rings is 1. The van der Waals surface area contributed by atoms with E-state index in [1.165, 1.54) is 29.7 Å². The third-order valence-electron chi connectivity index (χ3n) is 4.58. The van der Waals surface area contributed by atoms with Gasteiger partial charge in [0, 0.05) is 12.0 Å². The molecule has 0 saturated heterocycles. The number of aryl methyl sites for hydroxylation is 1. The van der Waals surface area contributed by atoms with Crippen LogP contribution in [0.5, 0.6) is 0 Å². The molecule has 0 amide bonds. The molecule has 2 atom stereocenters. The average molecular weight is 216 g/mol. The third kappa shape index (κ3) is 1.37. The molecule has 0 unspecified atom stereocenters. The maximum absolute atomic E-state index is 5.72. The summed E-state index contributed by atoms with van der Waals surface area (Å²) in [6, 6.07) is 0. The lowest BCUT2D eigenvalue weighted by Crippen LogP contribution is -2.11. The van der Waals surface area contributed by atoms with E-state index in [1.807, 2.05) is 6.26 Å². The van der Waals surface area contributed by atoms with Crippen molar-refractivity contribution in [3.05, 3.63) is 34.3 Å². The van der Waals surface area contributed by atoms with Gasteiger partial charge in [0.1, 0.15) is 5.76 Å². The number of allylic oxidation sites excluding steroid dienone is 2. The van der Waals surface area contributed by atoms with Gasteiger partial charge in [-0.15, -0.1) is 0 Å². The van der Waals surface area contributed by atoms with Gasteiger partial charge in [-0.25, -0.2) is 0 Å². The first kappa shape index (κ1) is 10.2. The molecule has 16 heavy (non-hydrogen) atoms. The van der Waals surface area contributed by atoms with E-state index in [2.05, 4.69) is 20.8 Å². The Balaban J connectivity index is 2.08. The quantitative estimate of drug-likeness (QED) is 0.596. The minimum atomic E-state index is 0.749. The molecule has 0 fully saturated rings. The predicted molar refractivity (Wildman–Crippen MR) is 65.4 cm³/mol. The van der Waals surface area contributed by atoms with Crippen LogP contribution in [0, 0.1) is 18.8 Å². The summed E-state index contributed by atoms with van der Waals surface area (Å²) in [6.07, 6.45) is 6.90. The Hall–Kier alpha value is -0.980. The Morgan fingerprint density at radius 2 is 2.12 bits per heavy atom. The minimum absolute atomic E-state index is 0.749. The fourth-order valence-corrected chi connectivity index (χ4v) is 3.49. The highest BCUT2D eigenvalue weighted by Gasteiger charge is 2.33. The molecule has 0 N–H and O–H groups in total. The third-order valence-corrected chi connectivity index (χ3v) is 4.58. The topological polar surface area (TPSA) is 13.1 Å². The highest BCUT2D eigenvalue weighted by atomic mass is 16.3. The zero-order valence-electron chi connectivity index (χ0n) is 10.5. The molecule has 0 aromatic carbocycles. The summed E-state index contributed by atoms with van der Waals surface area (Å²) in [5.74, 6) is 2.82. The van der Waals surface area contributed by atoms with Gasteiger partial charge in [0.15, 0.2) is 0 Å². The lowest BCUT2D eigenvalue weighted by atomic mass is 9.86. The Morgan fingerprint density at radius 3 is 2.94 bits per heavy atom. The molecule has 0 bridgehead atoms. The second-order valence-corrected chi connectivity index (χ2v) is 5.63. The molecule has 1 heterocycles. The molecule has 3 rings (SSSR count). The molecular weight excluding hydrogens is 196 g/mol. The monoisotopic (exact) mass is 216 g/mol. The van der Waals surface area contributed by atoms with Crippen molar-refractivity contribution >= 4 is 0 Å². The van der Waals surface area contributed by atoms with E-state index >= 15 is 0 Å². The van der Waals surface area contributed by atoms with E-state index in [0.29, 0.717) is 0 Å². The summed E-state index contributed by atoms with van der Waals surface area (Å²) in [6.45, 7) is 6.89. The van der Waals surface area contributed by atoms with Gasteiger partial charge in [-0.3, -0.25) is 0 Å². The van der Waals surface area contributed by atoms with Crippen molar-refractivity contribution in [2.45, 2.75) is 46.5 Å². The van der Waals surface area contributed by atoms with Gasteiger partial charge in [0.2, 0.25) is 0 Å². The number of hydrogen-bond donors (Lipinski definition) is 0. The first-order valence-electron chi connectivity index (χ1n) is 6.41. The van der Waals surface area contributed by atoms with Gasteiger partial charge in [-0.2, -0.15) is 0 Å². The summed E-state index contributed by atoms with van der Waals surface area (Å²) in [5, 5.41) is 0. The standard InChI is InChI=1S/C15H20O/c1-9-4-5-12-10(2)6-15-14(7-13(9)12)11(3)8-16-15/h8,10,12H,4-7H2,1-3H3/t10-,12+/m1/s1. The van der Waals surface area contributed by atoms with Gasteiger partial charge >= 0.3 is 0 Å². The zero-order chi connectivity index (χ0) is 11.3. The molecule has 0 saturated carbocycles. The van der Waals surface area contributed by atoms with Crippen molar-refractivity contribution < 1.29 is 4.42 Å². The number of rotatable bonds is 0. The molecular formula is C15H20O. The molecule has 0 aliphatic heterocycles. The largest absolute Gasteiger partial charge is 0.469 e. The van der Waals surface area contributed by atoms with E-state index in [4.69, 9.17) is 4.42 Å². The fraction of sp³-hybridized carbons (Fsp3) is 0.600. The maximum Gasteiger partial charge on any atom is 0.107 e. The van der Waals surface area contributed by atoms with Crippen molar-refractivity contribution in [2.75, 3.05) is 0 Å². The molecule has 1 heteroatoms. The summed E-state index contributed by atoms with van der Waals surface area (Å²) >= 11 is 0. The van der Waals surface area contributed by atoms with Crippen LogP contribution in [0.3, 0.4) is 0 Å². The highest BCUT2D eigenvalue weighted by Crippen LogP contribution is 2.43. The SMILES string of the molecule is CC1=C2Cc3c(C)coc3C[C@@H](C)[C@@H]2CC1. The normalized spacial score (nSPS) is 28.9. The highest BCUT2D eigenvalue weighted by molar-refractivity contribution is 5.37. The van der Waals surface area contributed by atoms with Crippen molar-refractivity contribution in [1.82, 2.24) is 0 Å². The van der Waals surface area contributed by atoms with Crippen molar-refractivity contribution in [2.24, 2.45) is 11.8 Å². The molecule has 0 radical (unpaired) electrons. The van der Waals surface area contributed by atoms with E-state index in [0.717, 1.165) is 24.7 Å². The van der Waals surface area contributed by atoms with Gasteiger partial charge < -0.3 is 4.42 Å². The molecule has 1 aromatic rings. The second kappa shape index (κ2) is 3.51. The zero-order valence-corrected chi connectivity index (χ0v) is 10.5. The van der Waals surface area contributed by atoms with Gasteiger partial charge in [0.05, 0.1) is 6.26 Å². The minimum Gasteiger partial charge on any atom is -0.469 e. The molecule has 2 aliphatic rings. The van der Waals surface area contributed by atoms with Crippen LogP contribution in [0.2, 0.25) is 0 Å². The molecule has 1 aromatic heterocycles. The van der Waals surface area contributed by atoms with Gasteiger partial charge in [-0.05, 0) is 50.5 Å². The summed E-state index contributed by atoms with van der Waals surface area (Å²) in [4.78, 5) is 0. The first-order valence-corrected chi connectivity index (χ1v) is 6.41. The Kier molecular flexibility index (Phi) is 2.24. The second-order valence-electron chi connectivity index (χ2n) is 5.63. The van der Waals surface area contributed by atoms with E-state index < -0.39 is 0 Å². The Labute approximate surface area is 97.5 Å². The van der Waals surface area contributed by atoms with Crippen LogP contribution in [0.4, 0.5) is 0 Å². The van der Waals surface area contributed by atoms with Crippen molar-refractivity contribution in [3.63, 3.8) is 0 Å².